The second kappa shape index (κ2) is 10.2. The van der Waals surface area contributed by atoms with Crippen LogP contribution in [0.25, 0.3) is 27.8 Å². The number of para-hydroxylation sites is 1. The van der Waals surface area contributed by atoms with Gasteiger partial charge in [-0.05, 0) is 66.1 Å². The third kappa shape index (κ3) is 4.33. The highest BCUT2D eigenvalue weighted by atomic mass is 35.5. The molecule has 1 aliphatic heterocycles. The van der Waals surface area contributed by atoms with Crippen molar-refractivity contribution < 1.29 is 0 Å². The molecule has 0 aliphatic carbocycles. The van der Waals surface area contributed by atoms with E-state index >= 15 is 0 Å². The van der Waals surface area contributed by atoms with Crippen molar-refractivity contribution in [3.05, 3.63) is 93.4 Å². The van der Waals surface area contributed by atoms with E-state index in [-0.39, 0.29) is 0 Å². The number of hydrogen-bond acceptors (Lipinski definition) is 3. The van der Waals surface area contributed by atoms with Gasteiger partial charge in [0.1, 0.15) is 5.82 Å². The van der Waals surface area contributed by atoms with Gasteiger partial charge in [0.05, 0.1) is 27.6 Å². The normalized spacial score (nSPS) is 13.5. The Balaban J connectivity index is 1.59. The predicted octanol–water partition coefficient (Wildman–Crippen LogP) is 8.19. The minimum Gasteiger partial charge on any atom is -0.360 e. The molecule has 3 aromatic heterocycles. The number of anilines is 1. The Morgan fingerprint density at radius 3 is 2.49 bits per heavy atom. The number of rotatable bonds is 6. The van der Waals surface area contributed by atoms with Gasteiger partial charge in [-0.1, -0.05) is 63.6 Å². The number of benzene rings is 2. The highest BCUT2D eigenvalue weighted by Crippen LogP contribution is 2.42. The van der Waals surface area contributed by atoms with E-state index in [2.05, 4.69) is 91.6 Å². The maximum Gasteiger partial charge on any atom is 0.128 e. The molecule has 0 amide bonds. The van der Waals surface area contributed by atoms with Crippen molar-refractivity contribution in [3.8, 4) is 16.9 Å². The molecule has 1 aliphatic rings. The van der Waals surface area contributed by atoms with Crippen LogP contribution in [-0.2, 0) is 25.8 Å². The van der Waals surface area contributed by atoms with Crippen LogP contribution in [0, 0.1) is 6.92 Å². The van der Waals surface area contributed by atoms with Gasteiger partial charge in [-0.25, -0.2) is 9.67 Å². The van der Waals surface area contributed by atoms with E-state index in [1.807, 2.05) is 12.4 Å². The molecular formula is C33H36ClN5. The molecule has 6 rings (SSSR count). The van der Waals surface area contributed by atoms with Crippen LogP contribution in [0.5, 0.6) is 0 Å². The first-order chi connectivity index (χ1) is 18.9. The van der Waals surface area contributed by atoms with E-state index in [4.69, 9.17) is 21.7 Å². The third-order valence-corrected chi connectivity index (χ3v) is 8.50. The summed E-state index contributed by atoms with van der Waals surface area (Å²) < 4.78 is 2.25. The van der Waals surface area contributed by atoms with Gasteiger partial charge >= 0.3 is 0 Å². The molecule has 0 saturated carbocycles. The molecule has 39 heavy (non-hydrogen) atoms. The zero-order valence-corrected chi connectivity index (χ0v) is 24.2. The lowest BCUT2D eigenvalue weighted by Gasteiger charge is -2.28. The monoisotopic (exact) mass is 537 g/mol. The van der Waals surface area contributed by atoms with E-state index in [1.165, 1.54) is 44.9 Å². The summed E-state index contributed by atoms with van der Waals surface area (Å²) in [5.41, 5.74) is 12.0. The summed E-state index contributed by atoms with van der Waals surface area (Å²) in [5.74, 6) is 1.49. The van der Waals surface area contributed by atoms with Gasteiger partial charge in [0.15, 0.2) is 0 Å². The Morgan fingerprint density at radius 1 is 1.05 bits per heavy atom. The van der Waals surface area contributed by atoms with Crippen molar-refractivity contribution in [2.45, 2.75) is 66.3 Å². The Bertz CT molecular complexity index is 1640. The topological polar surface area (TPSA) is 49.7 Å². The van der Waals surface area contributed by atoms with Gasteiger partial charge in [0.25, 0.3) is 0 Å². The molecule has 5 nitrogen and oxygen atoms in total. The molecule has 4 heterocycles. The number of halogens is 1. The van der Waals surface area contributed by atoms with Crippen LogP contribution < -0.4 is 4.90 Å². The third-order valence-electron chi connectivity index (χ3n) is 8.20. The maximum atomic E-state index is 6.70. The SMILES string of the molecule is CCc1cccc(CC)c1-n1nc2c(c1-c1c(C)cc(Cl)c3[nH]ccc13)CN(c1ccc(C(C)C)cn1)CC2. The van der Waals surface area contributed by atoms with Crippen LogP contribution in [0.2, 0.25) is 5.02 Å². The molecule has 6 heteroatoms. The maximum absolute atomic E-state index is 6.70. The zero-order chi connectivity index (χ0) is 27.3. The largest absolute Gasteiger partial charge is 0.360 e. The first-order valence-corrected chi connectivity index (χ1v) is 14.5. The highest BCUT2D eigenvalue weighted by Gasteiger charge is 2.30. The quantitative estimate of drug-likeness (QED) is 0.237. The fourth-order valence-electron chi connectivity index (χ4n) is 6.04. The van der Waals surface area contributed by atoms with Crippen molar-refractivity contribution in [1.29, 1.82) is 0 Å². The number of pyridine rings is 1. The fraction of sp³-hybridized carbons (Fsp3) is 0.333. The summed E-state index contributed by atoms with van der Waals surface area (Å²) >= 11 is 6.70. The Kier molecular flexibility index (Phi) is 6.72. The van der Waals surface area contributed by atoms with Crippen molar-refractivity contribution in [3.63, 3.8) is 0 Å². The van der Waals surface area contributed by atoms with Crippen molar-refractivity contribution in [1.82, 2.24) is 19.7 Å². The molecule has 2 aromatic carbocycles. The van der Waals surface area contributed by atoms with Crippen LogP contribution >= 0.6 is 11.6 Å². The Hall–Kier alpha value is -3.57. The number of nitrogens with zero attached hydrogens (tertiary/aromatic N) is 4. The second-order valence-electron chi connectivity index (χ2n) is 10.9. The van der Waals surface area contributed by atoms with E-state index in [9.17, 15) is 0 Å². The minimum atomic E-state index is 0.465. The molecule has 200 valence electrons. The summed E-state index contributed by atoms with van der Waals surface area (Å²) in [6.07, 6.45) is 6.78. The molecule has 0 saturated heterocycles. The summed E-state index contributed by atoms with van der Waals surface area (Å²) in [6.45, 7) is 12.7. The number of nitrogens with one attached hydrogen (secondary N) is 1. The van der Waals surface area contributed by atoms with E-state index in [1.54, 1.807) is 0 Å². The van der Waals surface area contributed by atoms with E-state index in [0.29, 0.717) is 5.92 Å². The van der Waals surface area contributed by atoms with Gasteiger partial charge in [0.2, 0.25) is 0 Å². The molecule has 0 spiro atoms. The molecule has 5 aromatic rings. The number of fused-ring (bicyclic) bond motifs is 2. The molecular weight excluding hydrogens is 502 g/mol. The Morgan fingerprint density at radius 2 is 1.82 bits per heavy atom. The van der Waals surface area contributed by atoms with E-state index < -0.39 is 0 Å². The zero-order valence-electron chi connectivity index (χ0n) is 23.5. The van der Waals surface area contributed by atoms with Crippen LogP contribution in [0.3, 0.4) is 0 Å². The standard InChI is InChI=1S/C33H36ClN5/c1-6-22-9-8-10-23(7-2)32(22)39-33(30-21(5)17-27(34)31-25(30)13-15-35-31)26-19-38(16-14-28(26)37-39)29-12-11-24(18-36-29)20(3)4/h8-13,15,17-18,20,35H,6-7,14,16,19H2,1-5H3. The average Bonchev–Trinajstić information content (AvgIpc) is 3.58. The van der Waals surface area contributed by atoms with Gasteiger partial charge in [-0.3, -0.25) is 0 Å². The molecule has 0 radical (unpaired) electrons. The predicted molar refractivity (Wildman–Crippen MR) is 162 cm³/mol. The number of hydrogen-bond donors (Lipinski definition) is 1. The molecule has 0 unspecified atom stereocenters. The van der Waals surface area contributed by atoms with Crippen LogP contribution in [0.15, 0.2) is 54.9 Å². The van der Waals surface area contributed by atoms with Gasteiger partial charge < -0.3 is 9.88 Å². The second-order valence-corrected chi connectivity index (χ2v) is 11.3. The lowest BCUT2D eigenvalue weighted by atomic mass is 9.94. The van der Waals surface area contributed by atoms with E-state index in [0.717, 1.165) is 59.7 Å². The molecule has 0 fully saturated rings. The highest BCUT2D eigenvalue weighted by molar-refractivity contribution is 6.35. The first-order valence-electron chi connectivity index (χ1n) is 14.1. The molecule has 0 atom stereocenters. The minimum absolute atomic E-state index is 0.465. The van der Waals surface area contributed by atoms with Crippen LogP contribution in [0.4, 0.5) is 5.82 Å². The van der Waals surface area contributed by atoms with Gasteiger partial charge in [0, 0.05) is 48.4 Å². The summed E-state index contributed by atoms with van der Waals surface area (Å²) in [6, 6.07) is 15.3. The molecule has 1 N–H and O–H groups in total. The van der Waals surface area contributed by atoms with Crippen molar-refractivity contribution in [2.24, 2.45) is 0 Å². The number of aryl methyl sites for hydroxylation is 3. The molecule has 0 bridgehead atoms. The smallest absolute Gasteiger partial charge is 0.128 e. The van der Waals surface area contributed by atoms with Crippen LogP contribution in [0.1, 0.15) is 67.1 Å². The van der Waals surface area contributed by atoms with Gasteiger partial charge in [-0.15, -0.1) is 0 Å². The average molecular weight is 538 g/mol. The number of aromatic nitrogens is 4. The lowest BCUT2D eigenvalue weighted by Crippen LogP contribution is -2.31. The summed E-state index contributed by atoms with van der Waals surface area (Å²) in [7, 11) is 0. The van der Waals surface area contributed by atoms with Crippen molar-refractivity contribution in [2.75, 3.05) is 11.4 Å². The first kappa shape index (κ1) is 25.7. The van der Waals surface area contributed by atoms with Crippen molar-refractivity contribution >= 4 is 28.3 Å². The fourth-order valence-corrected chi connectivity index (χ4v) is 6.36. The summed E-state index contributed by atoms with van der Waals surface area (Å²) in [5, 5.41) is 7.24. The summed E-state index contributed by atoms with van der Waals surface area (Å²) in [4.78, 5) is 10.6. The Labute approximate surface area is 235 Å². The lowest BCUT2D eigenvalue weighted by molar-refractivity contribution is 0.704. The number of aromatic amines is 1. The van der Waals surface area contributed by atoms with Crippen LogP contribution in [-0.4, -0.2) is 26.3 Å². The number of H-pyrrole nitrogens is 1. The van der Waals surface area contributed by atoms with Gasteiger partial charge in [-0.2, -0.15) is 5.10 Å².